The molecule has 2 aromatic heterocycles. The zero-order chi connectivity index (χ0) is 28.4. The lowest BCUT2D eigenvalue weighted by Crippen LogP contribution is -2.55. The van der Waals surface area contributed by atoms with Crippen molar-refractivity contribution in [3.05, 3.63) is 120 Å². The minimum absolute atomic E-state index is 0.0325. The molecule has 6 heterocycles. The Bertz CT molecular complexity index is 1970. The summed E-state index contributed by atoms with van der Waals surface area (Å²) in [6.07, 6.45) is 16.4. The van der Waals surface area contributed by atoms with Gasteiger partial charge in [0.2, 0.25) is 0 Å². The first-order valence-corrected chi connectivity index (χ1v) is 16.4. The monoisotopic (exact) mass is 584 g/mol. The van der Waals surface area contributed by atoms with Crippen molar-refractivity contribution < 1.29 is 9.59 Å². The fourth-order valence-corrected chi connectivity index (χ4v) is 9.71. The molecule has 0 radical (unpaired) electrons. The zero-order valence-electron chi connectivity index (χ0n) is 22.8. The molecule has 2 aromatic carbocycles. The fraction of sp³-hybridized carbons (Fsp3) is 0.125. The molecule has 0 amide bonds. The molecule has 0 saturated carbocycles. The van der Waals surface area contributed by atoms with Crippen LogP contribution >= 0.6 is 0 Å². The average Bonchev–Trinajstić information content (AvgIpc) is 3.74. The van der Waals surface area contributed by atoms with Gasteiger partial charge in [-0.1, -0.05) is 97.1 Å². The molecule has 4 unspecified atom stereocenters. The Morgan fingerprint density at radius 1 is 0.535 bits per heavy atom. The van der Waals surface area contributed by atoms with Gasteiger partial charge >= 0.3 is 8.88 Å². The highest BCUT2D eigenvalue weighted by Crippen LogP contribution is 2.46. The van der Waals surface area contributed by atoms with Gasteiger partial charge < -0.3 is 41.5 Å². The Morgan fingerprint density at radius 2 is 0.953 bits per heavy atom. The molecule has 4 aromatic rings. The number of hydrogen-bond acceptors (Lipinski definition) is 8. The SMILES string of the molecule is O[Si]1(O)n2c3c4ccccc4c2NC2=C4C=CC=CC4C(N2)Nc2c4ccccc4c(n21)NC1NC(=C2C=CC=CC21)N3. The molecule has 43 heavy (non-hydrogen) atoms. The van der Waals surface area contributed by atoms with E-state index in [1.807, 2.05) is 60.7 Å². The van der Waals surface area contributed by atoms with Crippen molar-refractivity contribution in [2.75, 3.05) is 21.3 Å². The Labute approximate surface area is 247 Å². The van der Waals surface area contributed by atoms with E-state index in [9.17, 15) is 9.59 Å². The number of hydrogen-bond donors (Lipinski definition) is 8. The smallest absolute Gasteiger partial charge is 0.377 e. The molecule has 6 aliphatic rings. The summed E-state index contributed by atoms with van der Waals surface area (Å²) >= 11 is 0. The van der Waals surface area contributed by atoms with E-state index in [2.05, 4.69) is 68.4 Å². The molecular weight excluding hydrogens is 556 g/mol. The maximum absolute atomic E-state index is 12.8. The summed E-state index contributed by atoms with van der Waals surface area (Å²) in [7, 11) is -4.60. The number of nitrogens with one attached hydrogen (secondary N) is 6. The molecule has 6 bridgehead atoms. The van der Waals surface area contributed by atoms with Crippen molar-refractivity contribution in [3.63, 3.8) is 0 Å². The lowest BCUT2D eigenvalue weighted by atomic mass is 9.94. The van der Waals surface area contributed by atoms with Gasteiger partial charge in [-0.05, 0) is 0 Å². The Hall–Kier alpha value is -5.10. The van der Waals surface area contributed by atoms with Crippen LogP contribution in [0.1, 0.15) is 0 Å². The van der Waals surface area contributed by atoms with Crippen molar-refractivity contribution in [1.29, 1.82) is 0 Å². The van der Waals surface area contributed by atoms with E-state index in [4.69, 9.17) is 0 Å². The number of anilines is 4. The first-order chi connectivity index (χ1) is 21.1. The van der Waals surface area contributed by atoms with Crippen LogP contribution in [0.4, 0.5) is 23.3 Å². The van der Waals surface area contributed by atoms with Gasteiger partial charge in [0.15, 0.2) is 0 Å². The number of fused-ring (bicyclic) bond motifs is 14. The Kier molecular flexibility index (Phi) is 4.39. The summed E-state index contributed by atoms with van der Waals surface area (Å²) in [5.74, 6) is 4.26. The third-order valence-corrected chi connectivity index (χ3v) is 11.6. The molecular formula is C32H28N8O2Si. The van der Waals surface area contributed by atoms with Crippen LogP contribution in [0.25, 0.3) is 21.5 Å². The second kappa shape index (κ2) is 8.04. The summed E-state index contributed by atoms with van der Waals surface area (Å²) in [5.41, 5.74) is 2.21. The van der Waals surface area contributed by atoms with E-state index in [0.717, 1.165) is 44.3 Å². The van der Waals surface area contributed by atoms with Crippen LogP contribution in [0.2, 0.25) is 0 Å². The molecule has 10 nitrogen and oxygen atoms in total. The van der Waals surface area contributed by atoms with E-state index in [0.29, 0.717) is 23.3 Å². The molecule has 11 heteroatoms. The van der Waals surface area contributed by atoms with E-state index in [1.165, 1.54) is 0 Å². The molecule has 0 saturated heterocycles. The van der Waals surface area contributed by atoms with E-state index >= 15 is 0 Å². The normalized spacial score (nSPS) is 26.7. The van der Waals surface area contributed by atoms with Gasteiger partial charge in [0.25, 0.3) is 0 Å². The van der Waals surface area contributed by atoms with Gasteiger partial charge in [0.05, 0.1) is 0 Å². The van der Waals surface area contributed by atoms with Crippen LogP contribution in [0.3, 0.4) is 0 Å². The fourth-order valence-electron chi connectivity index (χ4n) is 7.58. The molecule has 2 aliphatic carbocycles. The summed E-state index contributed by atoms with van der Waals surface area (Å²) in [6.45, 7) is 0. The third kappa shape index (κ3) is 2.97. The highest BCUT2D eigenvalue weighted by Gasteiger charge is 2.50. The van der Waals surface area contributed by atoms with Crippen LogP contribution in [-0.4, -0.2) is 39.3 Å². The second-order valence-corrected chi connectivity index (χ2v) is 13.8. The number of allylic oxidation sites excluding steroid dienone is 6. The van der Waals surface area contributed by atoms with Crippen LogP contribution in [0.5, 0.6) is 0 Å². The molecule has 0 fully saturated rings. The Morgan fingerprint density at radius 3 is 1.42 bits per heavy atom. The molecule has 8 N–H and O–H groups in total. The molecule has 0 spiro atoms. The van der Waals surface area contributed by atoms with Crippen molar-refractivity contribution in [1.82, 2.24) is 19.1 Å². The van der Waals surface area contributed by atoms with Gasteiger partial charge in [-0.15, -0.1) is 0 Å². The van der Waals surface area contributed by atoms with Crippen LogP contribution in [0, 0.1) is 11.8 Å². The molecule has 4 atom stereocenters. The standard InChI is InChI=1S/C32H28N8O2Si/c41-43(42)39-29-21-13-5-6-14-22(21)31(39)37-27-19-11-3-4-12-20(19)28(34-27)38-32-24-16-8-7-15-23(24)30(40(32)43)36-26-18-10-2-1-9-17(18)25(33-26)35-29/h1-17,19,25,27,33-38,41-42H. The largest absolute Gasteiger partial charge is 0.597 e. The predicted molar refractivity (Wildman–Crippen MR) is 171 cm³/mol. The molecule has 10 rings (SSSR count). The molecule has 212 valence electrons. The summed E-state index contributed by atoms with van der Waals surface area (Å²) in [5, 5.41) is 25.7. The maximum atomic E-state index is 12.8. The average molecular weight is 585 g/mol. The predicted octanol–water partition coefficient (Wildman–Crippen LogP) is 3.85. The number of nitrogens with zero attached hydrogens (tertiary/aromatic N) is 2. The maximum Gasteiger partial charge on any atom is 0.597 e. The topological polar surface area (TPSA) is 122 Å². The molecule has 4 aliphatic heterocycles. The van der Waals surface area contributed by atoms with Gasteiger partial charge in [0, 0.05) is 44.5 Å². The van der Waals surface area contributed by atoms with Gasteiger partial charge in [-0.25, -0.2) is 0 Å². The van der Waals surface area contributed by atoms with Crippen molar-refractivity contribution in [2.24, 2.45) is 11.8 Å². The first kappa shape index (κ1) is 23.5. The van der Waals surface area contributed by atoms with Crippen LogP contribution in [-0.2, 0) is 0 Å². The highest BCUT2D eigenvalue weighted by atomic mass is 28.4. The summed E-state index contributed by atoms with van der Waals surface area (Å²) < 4.78 is 3.43. The van der Waals surface area contributed by atoms with Crippen LogP contribution < -0.4 is 31.9 Å². The van der Waals surface area contributed by atoms with Crippen molar-refractivity contribution in [3.8, 4) is 0 Å². The highest BCUT2D eigenvalue weighted by molar-refractivity contribution is 6.65. The summed E-state index contributed by atoms with van der Waals surface area (Å²) in [6, 6.07) is 16.1. The van der Waals surface area contributed by atoms with Gasteiger partial charge in [0.1, 0.15) is 47.2 Å². The van der Waals surface area contributed by atoms with E-state index in [-0.39, 0.29) is 24.2 Å². The van der Waals surface area contributed by atoms with Crippen molar-refractivity contribution >= 4 is 53.7 Å². The lowest BCUT2D eigenvalue weighted by Gasteiger charge is -2.34. The van der Waals surface area contributed by atoms with E-state index in [1.54, 1.807) is 8.47 Å². The van der Waals surface area contributed by atoms with Gasteiger partial charge in [-0.2, -0.15) is 0 Å². The number of rotatable bonds is 0. The first-order valence-electron chi connectivity index (χ1n) is 14.6. The Balaban J connectivity index is 1.37. The van der Waals surface area contributed by atoms with Crippen LogP contribution in [0.15, 0.2) is 120 Å². The number of benzene rings is 2. The van der Waals surface area contributed by atoms with Crippen molar-refractivity contribution in [2.45, 2.75) is 12.3 Å². The van der Waals surface area contributed by atoms with E-state index < -0.39 is 8.88 Å². The summed E-state index contributed by atoms with van der Waals surface area (Å²) in [4.78, 5) is 25.6. The number of aromatic nitrogens is 2. The quantitative estimate of drug-likeness (QED) is 0.147. The van der Waals surface area contributed by atoms with Gasteiger partial charge in [-0.3, -0.25) is 8.47 Å². The minimum atomic E-state index is -4.60. The second-order valence-electron chi connectivity index (χ2n) is 11.7. The lowest BCUT2D eigenvalue weighted by molar-refractivity contribution is 0.330. The zero-order valence-corrected chi connectivity index (χ0v) is 23.8. The minimum Gasteiger partial charge on any atom is -0.377 e. The third-order valence-electron chi connectivity index (χ3n) is 9.46.